The summed E-state index contributed by atoms with van der Waals surface area (Å²) in [5.41, 5.74) is 1.17. The number of benzene rings is 1. The molecule has 0 aliphatic rings. The molecule has 0 heterocycles. The second kappa shape index (κ2) is 14.0. The van der Waals surface area contributed by atoms with Crippen LogP contribution in [0.15, 0.2) is 29.3 Å². The van der Waals surface area contributed by atoms with E-state index in [0.717, 1.165) is 24.8 Å². The van der Waals surface area contributed by atoms with Gasteiger partial charge < -0.3 is 15.0 Å². The van der Waals surface area contributed by atoms with Crippen LogP contribution in [0.25, 0.3) is 0 Å². The summed E-state index contributed by atoms with van der Waals surface area (Å²) in [6, 6.07) is 8.05. The summed E-state index contributed by atoms with van der Waals surface area (Å²) < 4.78 is 30.4. The fourth-order valence-electron chi connectivity index (χ4n) is 2.51. The van der Waals surface area contributed by atoms with E-state index in [1.165, 1.54) is 9.87 Å². The maximum atomic E-state index is 11.8. The quantitative estimate of drug-likeness (QED) is 0.208. The molecule has 0 aromatic heterocycles. The Bertz CT molecular complexity index is 681. The van der Waals surface area contributed by atoms with Gasteiger partial charge in [-0.3, -0.25) is 4.99 Å². The van der Waals surface area contributed by atoms with Crippen molar-refractivity contribution >= 4 is 40.0 Å². The summed E-state index contributed by atoms with van der Waals surface area (Å²) in [5.74, 6) is 1.81. The van der Waals surface area contributed by atoms with Crippen LogP contribution >= 0.6 is 24.0 Å². The van der Waals surface area contributed by atoms with E-state index in [1.54, 1.807) is 14.0 Å². The Morgan fingerprint density at radius 3 is 2.32 bits per heavy atom. The number of ether oxygens (including phenoxy) is 1. The third-order valence-corrected chi connectivity index (χ3v) is 5.94. The number of halogens is 1. The molecular formula is C19H35IN4O3S. The molecule has 0 unspecified atom stereocenters. The number of guanidine groups is 1. The van der Waals surface area contributed by atoms with Crippen LogP contribution in [0.2, 0.25) is 0 Å². The summed E-state index contributed by atoms with van der Waals surface area (Å²) in [5, 5.41) is 3.28. The Morgan fingerprint density at radius 2 is 1.79 bits per heavy atom. The highest BCUT2D eigenvalue weighted by Crippen LogP contribution is 2.13. The van der Waals surface area contributed by atoms with Gasteiger partial charge in [0.2, 0.25) is 10.0 Å². The summed E-state index contributed by atoms with van der Waals surface area (Å²) in [4.78, 5) is 6.68. The zero-order valence-electron chi connectivity index (χ0n) is 17.6. The van der Waals surface area contributed by atoms with Crippen LogP contribution in [0.3, 0.4) is 0 Å². The minimum Gasteiger partial charge on any atom is -0.494 e. The van der Waals surface area contributed by atoms with Crippen molar-refractivity contribution in [1.82, 2.24) is 14.5 Å². The summed E-state index contributed by atoms with van der Waals surface area (Å²) >= 11 is 0. The van der Waals surface area contributed by atoms with Crippen molar-refractivity contribution < 1.29 is 13.2 Å². The molecule has 0 fully saturated rings. The minimum absolute atomic E-state index is 0. The van der Waals surface area contributed by atoms with E-state index in [0.29, 0.717) is 26.1 Å². The van der Waals surface area contributed by atoms with E-state index in [4.69, 9.17) is 4.74 Å². The first-order valence-corrected chi connectivity index (χ1v) is 11.1. The Balaban J connectivity index is 0.00000729. The first kappa shape index (κ1) is 26.9. The number of aliphatic imine (C=N–C) groups is 1. The van der Waals surface area contributed by atoms with Crippen molar-refractivity contribution in [2.24, 2.45) is 4.99 Å². The second-order valence-electron chi connectivity index (χ2n) is 6.24. The maximum absolute atomic E-state index is 11.8. The lowest BCUT2D eigenvalue weighted by Crippen LogP contribution is -2.38. The van der Waals surface area contributed by atoms with Crippen LogP contribution in [-0.2, 0) is 16.6 Å². The monoisotopic (exact) mass is 526 g/mol. The van der Waals surface area contributed by atoms with E-state index in [9.17, 15) is 8.42 Å². The van der Waals surface area contributed by atoms with E-state index in [1.807, 2.05) is 33.0 Å². The first-order chi connectivity index (χ1) is 12.8. The van der Waals surface area contributed by atoms with Crippen molar-refractivity contribution in [1.29, 1.82) is 0 Å². The average molecular weight is 526 g/mol. The van der Waals surface area contributed by atoms with Crippen LogP contribution in [0.4, 0.5) is 0 Å². The van der Waals surface area contributed by atoms with Gasteiger partial charge in [-0.1, -0.05) is 12.1 Å². The molecule has 0 radical (unpaired) electrons. The highest BCUT2D eigenvalue weighted by molar-refractivity contribution is 14.0. The Hall–Kier alpha value is -1.07. The van der Waals surface area contributed by atoms with Crippen LogP contribution in [0, 0.1) is 0 Å². The zero-order valence-corrected chi connectivity index (χ0v) is 20.8. The Morgan fingerprint density at radius 1 is 1.14 bits per heavy atom. The van der Waals surface area contributed by atoms with E-state index in [2.05, 4.69) is 27.3 Å². The van der Waals surface area contributed by atoms with Crippen molar-refractivity contribution in [2.45, 2.75) is 33.7 Å². The van der Waals surface area contributed by atoms with Gasteiger partial charge in [-0.05, 0) is 44.9 Å². The molecule has 7 nitrogen and oxygen atoms in total. The van der Waals surface area contributed by atoms with E-state index >= 15 is 0 Å². The Kier molecular flexibility index (Phi) is 13.5. The lowest BCUT2D eigenvalue weighted by atomic mass is 10.2. The highest BCUT2D eigenvalue weighted by atomic mass is 127. The molecule has 1 aromatic carbocycles. The second-order valence-corrected chi connectivity index (χ2v) is 8.61. The summed E-state index contributed by atoms with van der Waals surface area (Å²) in [6.07, 6.45) is 0.682. The number of sulfonamides is 1. The number of nitrogens with one attached hydrogen (secondary N) is 1. The molecule has 0 saturated heterocycles. The third-order valence-electron chi connectivity index (χ3n) is 4.08. The summed E-state index contributed by atoms with van der Waals surface area (Å²) in [6.45, 7) is 8.85. The first-order valence-electron chi connectivity index (χ1n) is 9.49. The van der Waals surface area contributed by atoms with Gasteiger partial charge in [0, 0.05) is 40.3 Å². The van der Waals surface area contributed by atoms with Crippen LogP contribution in [0.1, 0.15) is 32.8 Å². The normalized spacial score (nSPS) is 11.9. The van der Waals surface area contributed by atoms with E-state index < -0.39 is 10.0 Å². The van der Waals surface area contributed by atoms with Crippen molar-refractivity contribution in [3.05, 3.63) is 29.8 Å². The number of rotatable bonds is 11. The molecule has 1 aromatic rings. The van der Waals surface area contributed by atoms with E-state index in [-0.39, 0.29) is 29.7 Å². The fraction of sp³-hybridized carbons (Fsp3) is 0.632. The van der Waals surface area contributed by atoms with Gasteiger partial charge in [0.15, 0.2) is 5.96 Å². The van der Waals surface area contributed by atoms with Gasteiger partial charge in [0.1, 0.15) is 5.75 Å². The number of hydrogen-bond acceptors (Lipinski definition) is 4. The molecule has 9 heteroatoms. The molecule has 0 saturated carbocycles. The molecule has 0 aliphatic heterocycles. The Labute approximate surface area is 187 Å². The fourth-order valence-corrected chi connectivity index (χ4v) is 3.36. The third kappa shape index (κ3) is 9.42. The SMILES string of the molecule is CCNC(=NCCCN(C)S(=O)(=O)CC)N(C)Cc1ccc(OCC)cc1.I. The lowest BCUT2D eigenvalue weighted by molar-refractivity contribution is 0.340. The highest BCUT2D eigenvalue weighted by Gasteiger charge is 2.14. The molecular weight excluding hydrogens is 491 g/mol. The standard InChI is InChI=1S/C19H34N4O3S.HI/c1-6-20-19(21-14-9-15-23(5)27(24,25)8-3)22(4)16-17-10-12-18(13-11-17)26-7-2;/h10-13H,6-9,14-16H2,1-5H3,(H,20,21);1H. The molecule has 1 N–H and O–H groups in total. The van der Waals surface area contributed by atoms with Gasteiger partial charge in [-0.25, -0.2) is 12.7 Å². The topological polar surface area (TPSA) is 74.2 Å². The largest absolute Gasteiger partial charge is 0.494 e. The van der Waals surface area contributed by atoms with Gasteiger partial charge in [-0.15, -0.1) is 24.0 Å². The van der Waals surface area contributed by atoms with Crippen molar-refractivity contribution in [3.63, 3.8) is 0 Å². The molecule has 0 bridgehead atoms. The number of nitrogens with zero attached hydrogens (tertiary/aromatic N) is 3. The molecule has 0 aliphatic carbocycles. The zero-order chi connectivity index (χ0) is 20.3. The minimum atomic E-state index is -3.13. The predicted molar refractivity (Wildman–Crippen MR) is 127 cm³/mol. The van der Waals surface area contributed by atoms with Crippen LogP contribution in [-0.4, -0.2) is 69.7 Å². The van der Waals surface area contributed by atoms with Gasteiger partial charge in [-0.2, -0.15) is 0 Å². The average Bonchev–Trinajstić information content (AvgIpc) is 2.65. The molecule has 0 amide bonds. The van der Waals surface area contributed by atoms with Crippen molar-refractivity contribution in [2.75, 3.05) is 46.1 Å². The number of hydrogen-bond donors (Lipinski definition) is 1. The predicted octanol–water partition coefficient (Wildman–Crippen LogP) is 2.77. The van der Waals surface area contributed by atoms with Gasteiger partial charge >= 0.3 is 0 Å². The molecule has 162 valence electrons. The summed E-state index contributed by atoms with van der Waals surface area (Å²) in [7, 11) is 0.483. The lowest BCUT2D eigenvalue weighted by Gasteiger charge is -2.22. The maximum Gasteiger partial charge on any atom is 0.213 e. The van der Waals surface area contributed by atoms with Gasteiger partial charge in [0.25, 0.3) is 0 Å². The molecule has 0 atom stereocenters. The molecule has 28 heavy (non-hydrogen) atoms. The van der Waals surface area contributed by atoms with Crippen molar-refractivity contribution in [3.8, 4) is 5.75 Å². The molecule has 0 spiro atoms. The van der Waals surface area contributed by atoms with Crippen LogP contribution in [0.5, 0.6) is 5.75 Å². The van der Waals surface area contributed by atoms with Crippen LogP contribution < -0.4 is 10.1 Å². The van der Waals surface area contributed by atoms with Gasteiger partial charge in [0.05, 0.1) is 12.4 Å². The molecule has 1 rings (SSSR count). The smallest absolute Gasteiger partial charge is 0.213 e.